The van der Waals surface area contributed by atoms with E-state index in [1.165, 1.54) is 12.1 Å². The number of aromatic amines is 1. The number of aromatic nitrogens is 1. The number of hydrogen-bond acceptors (Lipinski definition) is 2. The van der Waals surface area contributed by atoms with Crippen molar-refractivity contribution in [3.63, 3.8) is 0 Å². The molecule has 0 aliphatic heterocycles. The lowest BCUT2D eigenvalue weighted by Gasteiger charge is -1.98. The van der Waals surface area contributed by atoms with E-state index in [0.29, 0.717) is 5.69 Å². The molecular formula is C13H11ClFNO2. The van der Waals surface area contributed by atoms with E-state index in [0.717, 1.165) is 5.56 Å². The third-order valence-electron chi connectivity index (χ3n) is 2.42. The highest BCUT2D eigenvalue weighted by Crippen LogP contribution is 2.25. The molecular weight excluding hydrogens is 257 g/mol. The van der Waals surface area contributed by atoms with E-state index in [1.54, 1.807) is 25.1 Å². The summed E-state index contributed by atoms with van der Waals surface area (Å²) < 4.78 is 17.7. The smallest absolute Gasteiger partial charge is 0.341 e. The highest BCUT2D eigenvalue weighted by molar-refractivity contribution is 6.32. The van der Waals surface area contributed by atoms with Crippen LogP contribution in [0.25, 0.3) is 11.3 Å². The molecule has 2 aromatic rings. The molecule has 0 aliphatic carbocycles. The summed E-state index contributed by atoms with van der Waals surface area (Å²) >= 11 is 5.93. The zero-order chi connectivity index (χ0) is 13.1. The van der Waals surface area contributed by atoms with Crippen molar-refractivity contribution in [3.05, 3.63) is 46.9 Å². The fraction of sp³-hybridized carbons (Fsp3) is 0.154. The molecule has 0 atom stereocenters. The molecule has 2 rings (SSSR count). The van der Waals surface area contributed by atoms with Crippen LogP contribution in [0, 0.1) is 5.82 Å². The van der Waals surface area contributed by atoms with Crippen molar-refractivity contribution >= 4 is 17.6 Å². The van der Waals surface area contributed by atoms with Crippen LogP contribution < -0.4 is 0 Å². The number of carbonyl (C=O) groups excluding carboxylic acids is 1. The van der Waals surface area contributed by atoms with Crippen LogP contribution in [0.15, 0.2) is 30.3 Å². The summed E-state index contributed by atoms with van der Waals surface area (Å²) in [6.45, 7) is 2.01. The van der Waals surface area contributed by atoms with E-state index < -0.39 is 5.97 Å². The summed E-state index contributed by atoms with van der Waals surface area (Å²) in [6.07, 6.45) is 0. The number of benzene rings is 1. The maximum absolute atomic E-state index is 12.8. The van der Waals surface area contributed by atoms with Gasteiger partial charge in [-0.15, -0.1) is 0 Å². The Balaban J connectivity index is 2.34. The van der Waals surface area contributed by atoms with E-state index in [-0.39, 0.29) is 23.1 Å². The predicted molar refractivity (Wildman–Crippen MR) is 67.2 cm³/mol. The second kappa shape index (κ2) is 5.23. The molecule has 0 aliphatic rings. The minimum atomic E-state index is -0.480. The monoisotopic (exact) mass is 267 g/mol. The molecule has 0 bridgehead atoms. The van der Waals surface area contributed by atoms with Crippen LogP contribution >= 0.6 is 11.6 Å². The van der Waals surface area contributed by atoms with Crippen LogP contribution in [0.1, 0.15) is 17.3 Å². The first-order valence-corrected chi connectivity index (χ1v) is 5.81. The van der Waals surface area contributed by atoms with E-state index in [2.05, 4.69) is 4.98 Å². The quantitative estimate of drug-likeness (QED) is 0.863. The number of rotatable bonds is 3. The molecule has 5 heteroatoms. The van der Waals surface area contributed by atoms with Crippen LogP contribution in [-0.4, -0.2) is 17.6 Å². The largest absolute Gasteiger partial charge is 0.462 e. The van der Waals surface area contributed by atoms with Crippen molar-refractivity contribution in [1.29, 1.82) is 0 Å². The van der Waals surface area contributed by atoms with Gasteiger partial charge in [0, 0.05) is 5.69 Å². The van der Waals surface area contributed by atoms with Gasteiger partial charge in [0.25, 0.3) is 0 Å². The number of hydrogen-bond donors (Lipinski definition) is 1. The molecule has 0 saturated carbocycles. The average Bonchev–Trinajstić information content (AvgIpc) is 2.72. The second-order valence-electron chi connectivity index (χ2n) is 3.64. The van der Waals surface area contributed by atoms with Crippen LogP contribution in [-0.2, 0) is 4.74 Å². The summed E-state index contributed by atoms with van der Waals surface area (Å²) in [4.78, 5) is 14.4. The molecule has 0 spiro atoms. The first kappa shape index (κ1) is 12.6. The zero-order valence-electron chi connectivity index (χ0n) is 9.67. The first-order chi connectivity index (χ1) is 8.61. The molecule has 0 fully saturated rings. The third kappa shape index (κ3) is 2.54. The van der Waals surface area contributed by atoms with Crippen molar-refractivity contribution in [1.82, 2.24) is 4.98 Å². The van der Waals surface area contributed by atoms with Gasteiger partial charge in [-0.3, -0.25) is 0 Å². The number of carbonyl (C=O) groups is 1. The Morgan fingerprint density at radius 2 is 2.06 bits per heavy atom. The summed E-state index contributed by atoms with van der Waals surface area (Å²) in [7, 11) is 0. The topological polar surface area (TPSA) is 42.1 Å². The van der Waals surface area contributed by atoms with Crippen LogP contribution in [0.3, 0.4) is 0 Å². The minimum absolute atomic E-state index is 0.216. The lowest BCUT2D eigenvalue weighted by molar-refractivity contribution is 0.0527. The van der Waals surface area contributed by atoms with Gasteiger partial charge in [0.05, 0.1) is 12.2 Å². The summed E-state index contributed by atoms with van der Waals surface area (Å²) in [6, 6.07) is 7.48. The number of esters is 1. The second-order valence-corrected chi connectivity index (χ2v) is 4.02. The third-order valence-corrected chi connectivity index (χ3v) is 2.72. The molecule has 1 heterocycles. The number of H-pyrrole nitrogens is 1. The Kier molecular flexibility index (Phi) is 3.67. The van der Waals surface area contributed by atoms with E-state index >= 15 is 0 Å². The lowest BCUT2D eigenvalue weighted by atomic mass is 10.1. The van der Waals surface area contributed by atoms with Crippen molar-refractivity contribution < 1.29 is 13.9 Å². The molecule has 0 radical (unpaired) electrons. The number of halogens is 2. The van der Waals surface area contributed by atoms with E-state index in [9.17, 15) is 9.18 Å². The fourth-order valence-corrected chi connectivity index (χ4v) is 1.81. The molecule has 0 saturated heterocycles. The molecule has 94 valence electrons. The minimum Gasteiger partial charge on any atom is -0.462 e. The van der Waals surface area contributed by atoms with Crippen molar-refractivity contribution in [3.8, 4) is 11.3 Å². The highest BCUT2D eigenvalue weighted by atomic mass is 35.5. The van der Waals surface area contributed by atoms with Crippen molar-refractivity contribution in [2.75, 3.05) is 6.61 Å². The van der Waals surface area contributed by atoms with Gasteiger partial charge < -0.3 is 9.72 Å². The van der Waals surface area contributed by atoms with Crippen LogP contribution in [0.2, 0.25) is 5.15 Å². The lowest BCUT2D eigenvalue weighted by Crippen LogP contribution is -2.03. The summed E-state index contributed by atoms with van der Waals surface area (Å²) in [5.74, 6) is -0.797. The van der Waals surface area contributed by atoms with Gasteiger partial charge in [0.2, 0.25) is 0 Å². The summed E-state index contributed by atoms with van der Waals surface area (Å²) in [5, 5.41) is 0.216. The van der Waals surface area contributed by atoms with E-state index in [4.69, 9.17) is 16.3 Å². The fourth-order valence-electron chi connectivity index (χ4n) is 1.57. The molecule has 3 nitrogen and oxygen atoms in total. The first-order valence-electron chi connectivity index (χ1n) is 5.43. The maximum Gasteiger partial charge on any atom is 0.341 e. The SMILES string of the molecule is CCOC(=O)c1cc(-c2ccc(F)cc2)[nH]c1Cl. The molecule has 1 N–H and O–H groups in total. The molecule has 0 amide bonds. The van der Waals surface area contributed by atoms with Gasteiger partial charge >= 0.3 is 5.97 Å². The standard InChI is InChI=1S/C13H11ClFNO2/c1-2-18-13(17)10-7-11(16-12(10)14)8-3-5-9(15)6-4-8/h3-7,16H,2H2,1H3. The van der Waals surface area contributed by atoms with Gasteiger partial charge in [-0.1, -0.05) is 11.6 Å². The maximum atomic E-state index is 12.8. The Labute approximate surface area is 109 Å². The van der Waals surface area contributed by atoms with Gasteiger partial charge in [-0.2, -0.15) is 0 Å². The Hall–Kier alpha value is -1.81. The molecule has 1 aromatic heterocycles. The number of nitrogens with one attached hydrogen (secondary N) is 1. The summed E-state index contributed by atoms with van der Waals surface area (Å²) in [5.41, 5.74) is 1.66. The van der Waals surface area contributed by atoms with Crippen molar-refractivity contribution in [2.24, 2.45) is 0 Å². The van der Waals surface area contributed by atoms with Gasteiger partial charge in [0.15, 0.2) is 0 Å². The molecule has 1 aromatic carbocycles. The predicted octanol–water partition coefficient (Wildman–Crippen LogP) is 3.65. The van der Waals surface area contributed by atoms with Gasteiger partial charge in [-0.25, -0.2) is 9.18 Å². The van der Waals surface area contributed by atoms with Gasteiger partial charge in [-0.05, 0) is 42.8 Å². The van der Waals surface area contributed by atoms with Crippen LogP contribution in [0.4, 0.5) is 4.39 Å². The molecule has 0 unspecified atom stereocenters. The molecule has 18 heavy (non-hydrogen) atoms. The van der Waals surface area contributed by atoms with Crippen molar-refractivity contribution in [2.45, 2.75) is 6.92 Å². The van der Waals surface area contributed by atoms with Gasteiger partial charge in [0.1, 0.15) is 11.0 Å². The Morgan fingerprint density at radius 3 is 2.67 bits per heavy atom. The zero-order valence-corrected chi connectivity index (χ0v) is 10.4. The Morgan fingerprint density at radius 1 is 1.39 bits per heavy atom. The van der Waals surface area contributed by atoms with Crippen LogP contribution in [0.5, 0.6) is 0 Å². The van der Waals surface area contributed by atoms with E-state index in [1.807, 2.05) is 0 Å². The number of ether oxygens (including phenoxy) is 1. The normalized spacial score (nSPS) is 10.4. The highest BCUT2D eigenvalue weighted by Gasteiger charge is 2.15. The average molecular weight is 268 g/mol. The Bertz CT molecular complexity index is 563.